The molecule has 7 nitrogen and oxygen atoms in total. The van der Waals surface area contributed by atoms with Crippen molar-refractivity contribution in [3.63, 3.8) is 0 Å². The number of amides is 2. The first-order valence-electron chi connectivity index (χ1n) is 7.05. The number of methoxy groups -OCH3 is 1. The smallest absolute Gasteiger partial charge is 0.396 e. The number of carbonyl (C=O) groups is 3. The Hall–Kier alpha value is -2.57. The number of hydrogen-bond donors (Lipinski definition) is 1. The van der Waals surface area contributed by atoms with Gasteiger partial charge in [-0.3, -0.25) is 9.59 Å². The summed E-state index contributed by atoms with van der Waals surface area (Å²) in [7, 11) is 1.12. The maximum absolute atomic E-state index is 12.0. The highest BCUT2D eigenvalue weighted by Crippen LogP contribution is 2.15. The van der Waals surface area contributed by atoms with E-state index in [0.29, 0.717) is 13.1 Å². The summed E-state index contributed by atoms with van der Waals surface area (Å²) in [6, 6.07) is 10.00. The van der Waals surface area contributed by atoms with Crippen molar-refractivity contribution in [1.82, 2.24) is 10.2 Å². The molecule has 1 saturated heterocycles. The summed E-state index contributed by atoms with van der Waals surface area (Å²) in [6.07, 6.45) is 0. The number of nitrogens with zero attached hydrogens (tertiary/aromatic N) is 2. The van der Waals surface area contributed by atoms with Crippen molar-refractivity contribution in [1.29, 1.82) is 0 Å². The lowest BCUT2D eigenvalue weighted by Gasteiger charge is -2.36. The van der Waals surface area contributed by atoms with Gasteiger partial charge in [0.05, 0.1) is 13.7 Å². The molecule has 0 radical (unpaired) electrons. The van der Waals surface area contributed by atoms with E-state index in [1.54, 1.807) is 4.90 Å². The minimum absolute atomic E-state index is 0.195. The first-order valence-corrected chi connectivity index (χ1v) is 7.05. The van der Waals surface area contributed by atoms with Crippen molar-refractivity contribution < 1.29 is 19.1 Å². The number of esters is 1. The molecule has 1 aliphatic rings. The highest BCUT2D eigenvalue weighted by molar-refractivity contribution is 6.32. The molecule has 1 aliphatic heterocycles. The van der Waals surface area contributed by atoms with Gasteiger partial charge in [0.15, 0.2) is 0 Å². The number of carbonyl (C=O) groups excluding carboxylic acids is 3. The molecule has 7 heteroatoms. The zero-order valence-corrected chi connectivity index (χ0v) is 12.4. The van der Waals surface area contributed by atoms with Gasteiger partial charge in [-0.05, 0) is 12.1 Å². The highest BCUT2D eigenvalue weighted by atomic mass is 16.5. The van der Waals surface area contributed by atoms with Crippen LogP contribution in [0.2, 0.25) is 0 Å². The first-order chi connectivity index (χ1) is 10.6. The van der Waals surface area contributed by atoms with E-state index in [1.807, 2.05) is 30.3 Å². The van der Waals surface area contributed by atoms with E-state index in [1.165, 1.54) is 0 Å². The van der Waals surface area contributed by atoms with E-state index < -0.39 is 11.9 Å². The number of hydrogen-bond acceptors (Lipinski definition) is 5. The molecule has 1 aromatic rings. The molecule has 1 N–H and O–H groups in total. The largest absolute Gasteiger partial charge is 0.462 e. The van der Waals surface area contributed by atoms with Crippen LogP contribution in [0.25, 0.3) is 0 Å². The third kappa shape index (κ3) is 3.97. The van der Waals surface area contributed by atoms with Gasteiger partial charge < -0.3 is 19.9 Å². The fraction of sp³-hybridized carbons (Fsp3) is 0.400. The average Bonchev–Trinajstić information content (AvgIpc) is 2.59. The maximum atomic E-state index is 12.0. The molecule has 0 saturated carbocycles. The Labute approximate surface area is 128 Å². The van der Waals surface area contributed by atoms with Crippen LogP contribution in [0.1, 0.15) is 0 Å². The topological polar surface area (TPSA) is 78.9 Å². The van der Waals surface area contributed by atoms with E-state index >= 15 is 0 Å². The van der Waals surface area contributed by atoms with Crippen LogP contribution in [0.3, 0.4) is 0 Å². The van der Waals surface area contributed by atoms with Gasteiger partial charge >= 0.3 is 11.9 Å². The van der Waals surface area contributed by atoms with E-state index in [9.17, 15) is 14.4 Å². The van der Waals surface area contributed by atoms with Crippen LogP contribution < -0.4 is 10.2 Å². The van der Waals surface area contributed by atoms with Crippen LogP contribution in [0.5, 0.6) is 0 Å². The standard InChI is InChI=1S/C15H19N3O4/c1-22-15(21)14(20)16-11-13(19)18-9-7-17(8-10-18)12-5-3-2-4-6-12/h2-6H,7-11H2,1H3,(H,16,20). The van der Waals surface area contributed by atoms with Crippen molar-refractivity contribution in [3.05, 3.63) is 30.3 Å². The predicted molar refractivity (Wildman–Crippen MR) is 80.3 cm³/mol. The van der Waals surface area contributed by atoms with Crippen LogP contribution in [-0.4, -0.2) is 62.5 Å². The van der Waals surface area contributed by atoms with Gasteiger partial charge in [-0.25, -0.2) is 4.79 Å². The highest BCUT2D eigenvalue weighted by Gasteiger charge is 2.22. The zero-order chi connectivity index (χ0) is 15.9. The Bertz CT molecular complexity index is 539. The van der Waals surface area contributed by atoms with Gasteiger partial charge in [0, 0.05) is 31.9 Å². The van der Waals surface area contributed by atoms with E-state index in [4.69, 9.17) is 0 Å². The number of anilines is 1. The van der Waals surface area contributed by atoms with Crippen molar-refractivity contribution in [2.24, 2.45) is 0 Å². The van der Waals surface area contributed by atoms with Crippen LogP contribution >= 0.6 is 0 Å². The summed E-state index contributed by atoms with van der Waals surface area (Å²) in [5, 5.41) is 2.26. The molecule has 0 atom stereocenters. The molecule has 118 valence electrons. The summed E-state index contributed by atoms with van der Waals surface area (Å²) in [4.78, 5) is 38.0. The van der Waals surface area contributed by atoms with E-state index in [2.05, 4.69) is 15.0 Å². The van der Waals surface area contributed by atoms with Crippen molar-refractivity contribution in [3.8, 4) is 0 Å². The van der Waals surface area contributed by atoms with Crippen LogP contribution in [0, 0.1) is 0 Å². The molecule has 0 aliphatic carbocycles. The molecule has 1 heterocycles. The molecule has 0 aromatic heterocycles. The van der Waals surface area contributed by atoms with E-state index in [0.717, 1.165) is 25.9 Å². The van der Waals surface area contributed by atoms with Gasteiger partial charge in [-0.2, -0.15) is 0 Å². The Morgan fingerprint density at radius 2 is 1.73 bits per heavy atom. The fourth-order valence-corrected chi connectivity index (χ4v) is 2.29. The summed E-state index contributed by atoms with van der Waals surface area (Å²) < 4.78 is 4.27. The second-order valence-electron chi connectivity index (χ2n) is 4.88. The number of piperazine rings is 1. The molecule has 0 bridgehead atoms. The van der Waals surface area contributed by atoms with E-state index in [-0.39, 0.29) is 12.5 Å². The zero-order valence-electron chi connectivity index (χ0n) is 12.4. The van der Waals surface area contributed by atoms with Crippen molar-refractivity contribution in [2.45, 2.75) is 0 Å². The van der Waals surface area contributed by atoms with Crippen molar-refractivity contribution in [2.75, 3.05) is 44.7 Å². The summed E-state index contributed by atoms with van der Waals surface area (Å²) in [5.74, 6) is -2.11. The Morgan fingerprint density at radius 1 is 1.09 bits per heavy atom. The third-order valence-electron chi connectivity index (χ3n) is 3.52. The Balaban J connectivity index is 1.78. The number of para-hydroxylation sites is 1. The lowest BCUT2D eigenvalue weighted by atomic mass is 10.2. The fourth-order valence-electron chi connectivity index (χ4n) is 2.29. The molecule has 2 rings (SSSR count). The lowest BCUT2D eigenvalue weighted by Crippen LogP contribution is -2.51. The number of ether oxygens (including phenoxy) is 1. The Kier molecular flexibility index (Phi) is 5.35. The van der Waals surface area contributed by atoms with Crippen LogP contribution in [-0.2, 0) is 19.1 Å². The van der Waals surface area contributed by atoms with Crippen molar-refractivity contribution >= 4 is 23.5 Å². The molecule has 1 aromatic carbocycles. The van der Waals surface area contributed by atoms with Crippen LogP contribution in [0.4, 0.5) is 5.69 Å². The molecule has 0 spiro atoms. The molecule has 2 amide bonds. The number of rotatable bonds is 3. The summed E-state index contributed by atoms with van der Waals surface area (Å²) >= 11 is 0. The second-order valence-corrected chi connectivity index (χ2v) is 4.88. The first kappa shape index (κ1) is 15.8. The third-order valence-corrected chi connectivity index (χ3v) is 3.52. The van der Waals surface area contributed by atoms with Gasteiger partial charge in [0.2, 0.25) is 5.91 Å². The summed E-state index contributed by atoms with van der Waals surface area (Å²) in [6.45, 7) is 2.45. The number of benzene rings is 1. The predicted octanol–water partition coefficient (Wildman–Crippen LogP) is -0.376. The molecule has 0 unspecified atom stereocenters. The normalized spacial score (nSPS) is 14.4. The summed E-state index contributed by atoms with van der Waals surface area (Å²) in [5.41, 5.74) is 1.13. The quantitative estimate of drug-likeness (QED) is 0.608. The SMILES string of the molecule is COC(=O)C(=O)NCC(=O)N1CCN(c2ccccc2)CC1. The minimum Gasteiger partial charge on any atom is -0.462 e. The molecular weight excluding hydrogens is 286 g/mol. The van der Waals surface area contributed by atoms with Crippen LogP contribution in [0.15, 0.2) is 30.3 Å². The second kappa shape index (κ2) is 7.44. The molecule has 22 heavy (non-hydrogen) atoms. The maximum Gasteiger partial charge on any atom is 0.396 e. The van der Waals surface area contributed by atoms with Gasteiger partial charge in [-0.15, -0.1) is 0 Å². The molecule has 1 fully saturated rings. The van der Waals surface area contributed by atoms with Gasteiger partial charge in [0.25, 0.3) is 0 Å². The minimum atomic E-state index is -0.998. The van der Waals surface area contributed by atoms with Gasteiger partial charge in [-0.1, -0.05) is 18.2 Å². The molecular formula is C15H19N3O4. The lowest BCUT2D eigenvalue weighted by molar-refractivity contribution is -0.153. The average molecular weight is 305 g/mol. The number of nitrogens with one attached hydrogen (secondary N) is 1. The monoisotopic (exact) mass is 305 g/mol. The van der Waals surface area contributed by atoms with Gasteiger partial charge in [0.1, 0.15) is 0 Å². The Morgan fingerprint density at radius 3 is 2.32 bits per heavy atom.